The van der Waals surface area contributed by atoms with Crippen LogP contribution in [0.1, 0.15) is 56.9 Å². The lowest BCUT2D eigenvalue weighted by Crippen LogP contribution is -1.92. The second kappa shape index (κ2) is 12.9. The van der Waals surface area contributed by atoms with E-state index in [9.17, 15) is 15.3 Å². The Morgan fingerprint density at radius 1 is 0.885 bits per heavy atom. The first-order valence-corrected chi connectivity index (χ1v) is 9.33. The summed E-state index contributed by atoms with van der Waals surface area (Å²) in [6, 6.07) is 1.22. The molecule has 0 aliphatic carbocycles. The highest BCUT2D eigenvalue weighted by Crippen LogP contribution is 2.43. The maximum absolute atomic E-state index is 10.1. The van der Waals surface area contributed by atoms with Gasteiger partial charge in [-0.25, -0.2) is 0 Å². The average molecular weight is 360 g/mol. The van der Waals surface area contributed by atoms with Gasteiger partial charge in [0, 0.05) is 11.6 Å². The van der Waals surface area contributed by atoms with Crippen LogP contribution in [0.4, 0.5) is 0 Å². The van der Waals surface area contributed by atoms with E-state index in [1.54, 1.807) is 0 Å². The summed E-state index contributed by atoms with van der Waals surface area (Å²) in [6.07, 6.45) is 19.4. The fourth-order valence-corrected chi connectivity index (χ4v) is 2.74. The third kappa shape index (κ3) is 7.68. The van der Waals surface area contributed by atoms with Crippen LogP contribution in [-0.2, 0) is 6.42 Å². The molecular weight excluding hydrogens is 328 g/mol. The fourth-order valence-electron chi connectivity index (χ4n) is 2.74. The molecule has 0 heterocycles. The van der Waals surface area contributed by atoms with Gasteiger partial charge in [-0.2, -0.15) is 0 Å². The molecule has 1 aromatic carbocycles. The summed E-state index contributed by atoms with van der Waals surface area (Å²) >= 11 is 0. The van der Waals surface area contributed by atoms with Crippen molar-refractivity contribution in [3.8, 4) is 23.0 Å². The molecule has 0 aliphatic rings. The maximum Gasteiger partial charge on any atom is 0.164 e. The number of ether oxygens (including phenoxy) is 1. The Balaban J connectivity index is 2.19. The predicted octanol–water partition coefficient (Wildman–Crippen LogP) is 5.77. The first-order valence-electron chi connectivity index (χ1n) is 9.33. The van der Waals surface area contributed by atoms with E-state index in [-0.39, 0.29) is 23.0 Å². The SMILES string of the molecule is C=CC/C=C\C/C=C\CCCCCCCc1c(O)c(O)cc(OC)c1O. The van der Waals surface area contributed by atoms with Crippen molar-refractivity contribution in [3.05, 3.63) is 48.6 Å². The number of phenols is 3. The number of hydrogen-bond acceptors (Lipinski definition) is 4. The standard InChI is InChI=1S/C22H32O4/c1-3-4-5-6-7-8-9-10-11-12-13-14-15-16-18-21(24)19(23)17-20(26-2)22(18)25/h3,5-6,8-9,17,23-25H,1,4,7,10-16H2,2H3/b6-5-,9-8-. The van der Waals surface area contributed by atoms with Crippen molar-refractivity contribution in [2.45, 2.75) is 57.8 Å². The van der Waals surface area contributed by atoms with Crippen LogP contribution in [0, 0.1) is 0 Å². The number of allylic oxidation sites excluding steroid dienone is 5. The van der Waals surface area contributed by atoms with Crippen LogP contribution in [-0.4, -0.2) is 22.4 Å². The molecule has 1 rings (SSSR count). The summed E-state index contributed by atoms with van der Waals surface area (Å²) in [6.45, 7) is 3.68. The molecule has 1 aromatic rings. The molecule has 144 valence electrons. The van der Waals surface area contributed by atoms with E-state index in [0.717, 1.165) is 44.9 Å². The molecule has 0 saturated carbocycles. The van der Waals surface area contributed by atoms with Crippen molar-refractivity contribution >= 4 is 0 Å². The van der Waals surface area contributed by atoms with Crippen molar-refractivity contribution in [2.24, 2.45) is 0 Å². The second-order valence-corrected chi connectivity index (χ2v) is 6.28. The smallest absolute Gasteiger partial charge is 0.164 e. The number of rotatable bonds is 13. The Kier molecular flexibility index (Phi) is 10.8. The second-order valence-electron chi connectivity index (χ2n) is 6.28. The zero-order valence-electron chi connectivity index (χ0n) is 15.8. The maximum atomic E-state index is 10.1. The minimum absolute atomic E-state index is 0.0879. The molecule has 0 spiro atoms. The monoisotopic (exact) mass is 360 g/mol. The third-order valence-corrected chi connectivity index (χ3v) is 4.24. The average Bonchev–Trinajstić information content (AvgIpc) is 2.64. The highest BCUT2D eigenvalue weighted by atomic mass is 16.5. The number of phenolic OH excluding ortho intramolecular Hbond substituents is 3. The largest absolute Gasteiger partial charge is 0.504 e. The normalized spacial score (nSPS) is 11.4. The van der Waals surface area contributed by atoms with Gasteiger partial charge in [-0.15, -0.1) is 6.58 Å². The van der Waals surface area contributed by atoms with Crippen molar-refractivity contribution in [3.63, 3.8) is 0 Å². The van der Waals surface area contributed by atoms with Crippen LogP contribution in [0.3, 0.4) is 0 Å². The Hall–Kier alpha value is -2.36. The minimum atomic E-state index is -0.263. The van der Waals surface area contributed by atoms with Crippen molar-refractivity contribution in [1.82, 2.24) is 0 Å². The molecule has 4 nitrogen and oxygen atoms in total. The van der Waals surface area contributed by atoms with Gasteiger partial charge in [0.1, 0.15) is 0 Å². The molecule has 3 N–H and O–H groups in total. The summed E-state index contributed by atoms with van der Waals surface area (Å²) in [4.78, 5) is 0. The highest BCUT2D eigenvalue weighted by Gasteiger charge is 2.17. The number of unbranched alkanes of at least 4 members (excludes halogenated alkanes) is 5. The van der Waals surface area contributed by atoms with E-state index in [1.165, 1.54) is 19.6 Å². The molecule has 0 fully saturated rings. The highest BCUT2D eigenvalue weighted by molar-refractivity contribution is 5.59. The number of hydrogen-bond donors (Lipinski definition) is 3. The van der Waals surface area contributed by atoms with E-state index in [2.05, 4.69) is 30.9 Å². The van der Waals surface area contributed by atoms with Gasteiger partial charge in [-0.1, -0.05) is 49.6 Å². The topological polar surface area (TPSA) is 69.9 Å². The van der Waals surface area contributed by atoms with Gasteiger partial charge in [-0.05, 0) is 38.5 Å². The molecule has 0 aromatic heterocycles. The third-order valence-electron chi connectivity index (χ3n) is 4.24. The molecule has 4 heteroatoms. The molecule has 0 aliphatic heterocycles. The van der Waals surface area contributed by atoms with Crippen LogP contribution in [0.5, 0.6) is 23.0 Å². The summed E-state index contributed by atoms with van der Waals surface area (Å²) in [5, 5.41) is 29.7. The van der Waals surface area contributed by atoms with Crippen LogP contribution in [0.25, 0.3) is 0 Å². The van der Waals surface area contributed by atoms with Crippen LogP contribution in [0.2, 0.25) is 0 Å². The lowest BCUT2D eigenvalue weighted by Gasteiger charge is -2.12. The van der Waals surface area contributed by atoms with Crippen LogP contribution >= 0.6 is 0 Å². The van der Waals surface area contributed by atoms with Gasteiger partial charge in [0.2, 0.25) is 0 Å². The van der Waals surface area contributed by atoms with Crippen molar-refractivity contribution < 1.29 is 20.1 Å². The van der Waals surface area contributed by atoms with Crippen LogP contribution in [0.15, 0.2) is 43.0 Å². The van der Waals surface area contributed by atoms with Gasteiger partial charge in [0.05, 0.1) is 7.11 Å². The molecule has 0 unspecified atom stereocenters. The zero-order valence-corrected chi connectivity index (χ0v) is 15.8. The Labute approximate surface area is 157 Å². The van der Waals surface area contributed by atoms with Gasteiger partial charge < -0.3 is 20.1 Å². The fraction of sp³-hybridized carbons (Fsp3) is 0.455. The molecule has 0 radical (unpaired) electrons. The van der Waals surface area contributed by atoms with Crippen molar-refractivity contribution in [1.29, 1.82) is 0 Å². The lowest BCUT2D eigenvalue weighted by atomic mass is 10.0. The Morgan fingerprint density at radius 2 is 1.54 bits per heavy atom. The molecule has 0 bridgehead atoms. The minimum Gasteiger partial charge on any atom is -0.504 e. The van der Waals surface area contributed by atoms with E-state index in [4.69, 9.17) is 4.74 Å². The quantitative estimate of drug-likeness (QED) is 0.181. The first kappa shape index (κ1) is 21.7. The van der Waals surface area contributed by atoms with Crippen molar-refractivity contribution in [2.75, 3.05) is 7.11 Å². The van der Waals surface area contributed by atoms with E-state index >= 15 is 0 Å². The first-order chi connectivity index (χ1) is 12.6. The molecule has 26 heavy (non-hydrogen) atoms. The van der Waals surface area contributed by atoms with Gasteiger partial charge in [0.25, 0.3) is 0 Å². The lowest BCUT2D eigenvalue weighted by molar-refractivity contribution is 0.350. The number of aromatic hydroxyl groups is 3. The molecular formula is C22H32O4. The van der Waals surface area contributed by atoms with Gasteiger partial charge in [-0.3, -0.25) is 0 Å². The zero-order chi connectivity index (χ0) is 19.2. The Morgan fingerprint density at radius 3 is 2.27 bits per heavy atom. The van der Waals surface area contributed by atoms with E-state index in [0.29, 0.717) is 12.0 Å². The molecule has 0 atom stereocenters. The summed E-state index contributed by atoms with van der Waals surface area (Å²) in [7, 11) is 1.42. The molecule has 0 amide bonds. The number of methoxy groups -OCH3 is 1. The number of benzene rings is 1. The van der Waals surface area contributed by atoms with E-state index < -0.39 is 0 Å². The Bertz CT molecular complexity index is 603. The van der Waals surface area contributed by atoms with E-state index in [1.807, 2.05) is 6.08 Å². The van der Waals surface area contributed by atoms with Crippen LogP contribution < -0.4 is 4.74 Å². The predicted molar refractivity (Wildman–Crippen MR) is 107 cm³/mol. The summed E-state index contributed by atoms with van der Waals surface area (Å²) in [5.74, 6) is -0.423. The molecule has 0 saturated heterocycles. The summed E-state index contributed by atoms with van der Waals surface area (Å²) in [5.41, 5.74) is 0.356. The van der Waals surface area contributed by atoms with Gasteiger partial charge in [0.15, 0.2) is 23.0 Å². The van der Waals surface area contributed by atoms with Gasteiger partial charge >= 0.3 is 0 Å². The summed E-state index contributed by atoms with van der Waals surface area (Å²) < 4.78 is 5.00.